The molecule has 0 aliphatic carbocycles. The Hall–Kier alpha value is -1.61. The Kier molecular flexibility index (Phi) is 7.66. The smallest absolute Gasteiger partial charge is 0.303 e. The quantitative estimate of drug-likeness (QED) is 0.674. The van der Waals surface area contributed by atoms with Gasteiger partial charge in [-0.2, -0.15) is 0 Å². The summed E-state index contributed by atoms with van der Waals surface area (Å²) < 4.78 is 0. The molecule has 0 bridgehead atoms. The Morgan fingerprint density at radius 2 is 2.00 bits per heavy atom. The molecule has 0 amide bonds. The molecule has 0 saturated carbocycles. The van der Waals surface area contributed by atoms with Crippen LogP contribution in [0.4, 0.5) is 0 Å². The van der Waals surface area contributed by atoms with Crippen LogP contribution >= 0.6 is 0 Å². The third-order valence-electron chi connectivity index (χ3n) is 3.43. The number of benzene rings is 1. The SMILES string of the molecule is CC(CCC(=O)O)c1ccc(C=CCCCCN)cc1. The number of rotatable bonds is 9. The summed E-state index contributed by atoms with van der Waals surface area (Å²) in [6.45, 7) is 2.83. The molecule has 3 heteroatoms. The third kappa shape index (κ3) is 6.53. The third-order valence-corrected chi connectivity index (χ3v) is 3.43. The molecule has 1 unspecified atom stereocenters. The fourth-order valence-corrected chi connectivity index (χ4v) is 2.07. The molecule has 0 aromatic heterocycles. The van der Waals surface area contributed by atoms with Gasteiger partial charge in [0, 0.05) is 6.42 Å². The summed E-state index contributed by atoms with van der Waals surface area (Å²) in [5.74, 6) is -0.442. The van der Waals surface area contributed by atoms with Crippen LogP contribution in [0.25, 0.3) is 6.08 Å². The molecule has 1 aromatic carbocycles. The van der Waals surface area contributed by atoms with Crippen molar-refractivity contribution in [3.8, 4) is 0 Å². The molecule has 1 rings (SSSR count). The van der Waals surface area contributed by atoms with E-state index in [2.05, 4.69) is 43.3 Å². The predicted molar refractivity (Wildman–Crippen MR) is 83.7 cm³/mol. The van der Waals surface area contributed by atoms with Crippen LogP contribution in [0.15, 0.2) is 30.3 Å². The maximum Gasteiger partial charge on any atom is 0.303 e. The van der Waals surface area contributed by atoms with Gasteiger partial charge in [-0.15, -0.1) is 0 Å². The number of hydrogen-bond acceptors (Lipinski definition) is 2. The van der Waals surface area contributed by atoms with Crippen molar-refractivity contribution in [1.82, 2.24) is 0 Å². The number of unbranched alkanes of at least 4 members (excludes halogenated alkanes) is 2. The van der Waals surface area contributed by atoms with Crippen molar-refractivity contribution in [2.75, 3.05) is 6.54 Å². The van der Waals surface area contributed by atoms with Gasteiger partial charge in [-0.3, -0.25) is 4.79 Å². The normalized spacial score (nSPS) is 12.7. The molecule has 0 spiro atoms. The van der Waals surface area contributed by atoms with E-state index < -0.39 is 5.97 Å². The minimum Gasteiger partial charge on any atom is -0.481 e. The summed E-state index contributed by atoms with van der Waals surface area (Å²) >= 11 is 0. The number of allylic oxidation sites excluding steroid dienone is 1. The highest BCUT2D eigenvalue weighted by atomic mass is 16.4. The van der Waals surface area contributed by atoms with E-state index in [0.29, 0.717) is 6.42 Å². The summed E-state index contributed by atoms with van der Waals surface area (Å²) in [5.41, 5.74) is 7.84. The van der Waals surface area contributed by atoms with Gasteiger partial charge >= 0.3 is 5.97 Å². The van der Waals surface area contributed by atoms with E-state index in [9.17, 15) is 4.79 Å². The Morgan fingerprint density at radius 3 is 2.60 bits per heavy atom. The summed E-state index contributed by atoms with van der Waals surface area (Å²) in [6, 6.07) is 8.36. The van der Waals surface area contributed by atoms with Crippen molar-refractivity contribution in [2.24, 2.45) is 5.73 Å². The number of nitrogens with two attached hydrogens (primary N) is 1. The first kappa shape index (κ1) is 16.4. The van der Waals surface area contributed by atoms with Gasteiger partial charge in [0.1, 0.15) is 0 Å². The van der Waals surface area contributed by atoms with E-state index in [4.69, 9.17) is 10.8 Å². The van der Waals surface area contributed by atoms with E-state index in [1.165, 1.54) is 11.1 Å². The van der Waals surface area contributed by atoms with Crippen molar-refractivity contribution in [3.63, 3.8) is 0 Å². The average molecular weight is 275 g/mol. The number of carboxylic acids is 1. The first-order valence-electron chi connectivity index (χ1n) is 7.32. The van der Waals surface area contributed by atoms with Crippen LogP contribution in [-0.2, 0) is 4.79 Å². The molecule has 3 N–H and O–H groups in total. The average Bonchev–Trinajstić information content (AvgIpc) is 2.45. The monoisotopic (exact) mass is 275 g/mol. The minimum absolute atomic E-state index is 0.226. The topological polar surface area (TPSA) is 63.3 Å². The number of carbonyl (C=O) groups is 1. The molecule has 0 radical (unpaired) electrons. The predicted octanol–water partition coefficient (Wildman–Crippen LogP) is 3.80. The van der Waals surface area contributed by atoms with Crippen molar-refractivity contribution >= 4 is 12.0 Å². The van der Waals surface area contributed by atoms with Gasteiger partial charge in [-0.1, -0.05) is 43.3 Å². The van der Waals surface area contributed by atoms with Gasteiger partial charge in [0.2, 0.25) is 0 Å². The highest BCUT2D eigenvalue weighted by Crippen LogP contribution is 2.21. The Bertz CT molecular complexity index is 423. The molecule has 0 heterocycles. The number of carboxylic acid groups (broad SMARTS) is 1. The molecule has 20 heavy (non-hydrogen) atoms. The van der Waals surface area contributed by atoms with Crippen molar-refractivity contribution in [3.05, 3.63) is 41.5 Å². The van der Waals surface area contributed by atoms with E-state index in [1.54, 1.807) is 0 Å². The van der Waals surface area contributed by atoms with Gasteiger partial charge in [-0.05, 0) is 49.3 Å². The first-order valence-corrected chi connectivity index (χ1v) is 7.32. The second-order valence-electron chi connectivity index (χ2n) is 5.19. The van der Waals surface area contributed by atoms with Crippen LogP contribution in [0.5, 0.6) is 0 Å². The van der Waals surface area contributed by atoms with Gasteiger partial charge < -0.3 is 10.8 Å². The van der Waals surface area contributed by atoms with E-state index in [-0.39, 0.29) is 12.3 Å². The van der Waals surface area contributed by atoms with Crippen LogP contribution in [0, 0.1) is 0 Å². The van der Waals surface area contributed by atoms with E-state index in [0.717, 1.165) is 25.8 Å². The molecule has 0 fully saturated rings. The van der Waals surface area contributed by atoms with Crippen molar-refractivity contribution < 1.29 is 9.90 Å². The summed E-state index contributed by atoms with van der Waals surface area (Å²) in [7, 11) is 0. The van der Waals surface area contributed by atoms with Crippen LogP contribution in [0.3, 0.4) is 0 Å². The second kappa shape index (κ2) is 9.32. The lowest BCUT2D eigenvalue weighted by atomic mass is 9.95. The molecular formula is C17H25NO2. The van der Waals surface area contributed by atoms with Gasteiger partial charge in [0.25, 0.3) is 0 Å². The lowest BCUT2D eigenvalue weighted by Crippen LogP contribution is -2.00. The summed E-state index contributed by atoms with van der Waals surface area (Å²) in [6.07, 6.45) is 8.49. The largest absolute Gasteiger partial charge is 0.481 e. The van der Waals surface area contributed by atoms with Crippen LogP contribution in [0.2, 0.25) is 0 Å². The highest BCUT2D eigenvalue weighted by Gasteiger charge is 2.07. The fraction of sp³-hybridized carbons (Fsp3) is 0.471. The standard InChI is InChI=1S/C17H25NO2/c1-14(7-12-17(19)20)16-10-8-15(9-11-16)6-4-2-3-5-13-18/h4,6,8-11,14H,2-3,5,7,12-13,18H2,1H3,(H,19,20). The number of hydrogen-bond donors (Lipinski definition) is 2. The molecule has 0 aliphatic heterocycles. The zero-order valence-corrected chi connectivity index (χ0v) is 12.2. The fourth-order valence-electron chi connectivity index (χ4n) is 2.07. The van der Waals surface area contributed by atoms with Crippen LogP contribution in [-0.4, -0.2) is 17.6 Å². The maximum absolute atomic E-state index is 10.6. The Labute approximate surface area is 121 Å². The second-order valence-corrected chi connectivity index (χ2v) is 5.19. The molecule has 110 valence electrons. The highest BCUT2D eigenvalue weighted by molar-refractivity contribution is 5.66. The van der Waals surface area contributed by atoms with Gasteiger partial charge in [0.15, 0.2) is 0 Å². The van der Waals surface area contributed by atoms with Crippen LogP contribution < -0.4 is 5.73 Å². The zero-order valence-electron chi connectivity index (χ0n) is 12.2. The molecule has 3 nitrogen and oxygen atoms in total. The molecule has 1 aromatic rings. The van der Waals surface area contributed by atoms with Gasteiger partial charge in [-0.25, -0.2) is 0 Å². The lowest BCUT2D eigenvalue weighted by Gasteiger charge is -2.10. The summed E-state index contributed by atoms with van der Waals surface area (Å²) in [4.78, 5) is 10.6. The maximum atomic E-state index is 10.6. The molecule has 1 atom stereocenters. The summed E-state index contributed by atoms with van der Waals surface area (Å²) in [5, 5.41) is 8.70. The first-order chi connectivity index (χ1) is 9.63. The lowest BCUT2D eigenvalue weighted by molar-refractivity contribution is -0.137. The number of aliphatic carboxylic acids is 1. The van der Waals surface area contributed by atoms with Crippen molar-refractivity contribution in [1.29, 1.82) is 0 Å². The minimum atomic E-state index is -0.728. The molecule has 0 saturated heterocycles. The molecular weight excluding hydrogens is 250 g/mol. The van der Waals surface area contributed by atoms with E-state index in [1.807, 2.05) is 0 Å². The molecule has 0 aliphatic rings. The zero-order chi connectivity index (χ0) is 14.8. The van der Waals surface area contributed by atoms with E-state index >= 15 is 0 Å². The van der Waals surface area contributed by atoms with Crippen LogP contribution in [0.1, 0.15) is 56.1 Å². The van der Waals surface area contributed by atoms with Crippen molar-refractivity contribution in [2.45, 2.75) is 44.9 Å². The van der Waals surface area contributed by atoms with Gasteiger partial charge in [0.05, 0.1) is 0 Å². The Balaban J connectivity index is 2.45. The Morgan fingerprint density at radius 1 is 1.30 bits per heavy atom.